The molecule has 0 unspecified atom stereocenters. The minimum Gasteiger partial charge on any atom is -0.478 e. The second-order valence-corrected chi connectivity index (χ2v) is 3.00. The highest BCUT2D eigenvalue weighted by Crippen LogP contribution is 2.05. The third kappa shape index (κ3) is 8.67. The Hall–Kier alpha value is -1.65. The highest BCUT2D eigenvalue weighted by atomic mass is 16.6. The number of hydrogen-bond donors (Lipinski definition) is 1. The number of allylic oxidation sites excluding steroid dienone is 3. The number of carbonyl (C=O) groups is 1. The van der Waals surface area contributed by atoms with E-state index in [1.807, 2.05) is 13.0 Å². The molecule has 0 aliphatic rings. The predicted molar refractivity (Wildman–Crippen MR) is 56.2 cm³/mol. The van der Waals surface area contributed by atoms with Crippen molar-refractivity contribution in [3.8, 4) is 0 Å². The second kappa shape index (κ2) is 7.73. The zero-order valence-corrected chi connectivity index (χ0v) is 8.68. The molecular formula is C10H15NO4. The average Bonchev–Trinajstić information content (AvgIpc) is 2.16. The summed E-state index contributed by atoms with van der Waals surface area (Å²) in [5.41, 5.74) is 0.890. The maximum Gasteiger partial charge on any atom is 0.328 e. The van der Waals surface area contributed by atoms with Crippen molar-refractivity contribution < 1.29 is 14.8 Å². The summed E-state index contributed by atoms with van der Waals surface area (Å²) in [5, 5.41) is 18.4. The molecule has 0 saturated heterocycles. The van der Waals surface area contributed by atoms with Crippen LogP contribution in [0.3, 0.4) is 0 Å². The Balaban J connectivity index is 4.00. The summed E-state index contributed by atoms with van der Waals surface area (Å²) in [4.78, 5) is 19.9. The largest absolute Gasteiger partial charge is 0.478 e. The molecule has 84 valence electrons. The van der Waals surface area contributed by atoms with Gasteiger partial charge in [-0.25, -0.2) is 4.79 Å². The first-order valence-corrected chi connectivity index (χ1v) is 4.78. The predicted octanol–water partition coefficient (Wildman–Crippen LogP) is 2.02. The molecule has 0 bridgehead atoms. The van der Waals surface area contributed by atoms with Crippen LogP contribution >= 0.6 is 0 Å². The number of nitrogens with zero attached hydrogens (tertiary/aromatic N) is 1. The normalized spacial score (nSPS) is 11.9. The fourth-order valence-electron chi connectivity index (χ4n) is 1.02. The number of unbranched alkanes of at least 4 members (excludes halogenated alkanes) is 1. The van der Waals surface area contributed by atoms with Gasteiger partial charge in [0.15, 0.2) is 0 Å². The maximum absolute atomic E-state index is 10.2. The molecule has 0 rings (SSSR count). The quantitative estimate of drug-likeness (QED) is 0.230. The molecule has 0 saturated carbocycles. The number of aliphatic carboxylic acids is 1. The second-order valence-electron chi connectivity index (χ2n) is 3.00. The van der Waals surface area contributed by atoms with Crippen LogP contribution in [0.1, 0.15) is 26.2 Å². The lowest BCUT2D eigenvalue weighted by molar-refractivity contribution is -0.480. The SMILES string of the molecule is CCC(/C=C/C(=O)O)=C\CCC[N+](=O)[O-]. The van der Waals surface area contributed by atoms with Crippen molar-refractivity contribution in [3.05, 3.63) is 33.9 Å². The van der Waals surface area contributed by atoms with Crippen LogP contribution in [0.25, 0.3) is 0 Å². The highest BCUT2D eigenvalue weighted by molar-refractivity contribution is 5.80. The molecule has 0 aliphatic heterocycles. The third-order valence-electron chi connectivity index (χ3n) is 1.80. The molecule has 0 radical (unpaired) electrons. The molecule has 5 nitrogen and oxygen atoms in total. The maximum atomic E-state index is 10.2. The molecule has 0 heterocycles. The molecule has 5 heteroatoms. The van der Waals surface area contributed by atoms with Gasteiger partial charge in [-0.15, -0.1) is 0 Å². The molecule has 1 N–H and O–H groups in total. The molecule has 0 amide bonds. The van der Waals surface area contributed by atoms with Crippen molar-refractivity contribution in [3.63, 3.8) is 0 Å². The number of carboxylic acid groups (broad SMARTS) is 1. The van der Waals surface area contributed by atoms with E-state index in [1.165, 1.54) is 6.08 Å². The Morgan fingerprint density at radius 1 is 1.47 bits per heavy atom. The lowest BCUT2D eigenvalue weighted by Gasteiger charge is -1.96. The molecule has 0 fully saturated rings. The van der Waals surface area contributed by atoms with Crippen molar-refractivity contribution in [2.24, 2.45) is 0 Å². The van der Waals surface area contributed by atoms with E-state index in [9.17, 15) is 14.9 Å². The summed E-state index contributed by atoms with van der Waals surface area (Å²) in [5.74, 6) is -0.986. The zero-order chi connectivity index (χ0) is 11.7. The minimum absolute atomic E-state index is 0.0455. The fraction of sp³-hybridized carbons (Fsp3) is 0.500. The summed E-state index contributed by atoms with van der Waals surface area (Å²) in [6.07, 6.45) is 6.24. The Morgan fingerprint density at radius 3 is 2.60 bits per heavy atom. The fourth-order valence-corrected chi connectivity index (χ4v) is 1.02. The van der Waals surface area contributed by atoms with Gasteiger partial charge in [-0.2, -0.15) is 0 Å². The van der Waals surface area contributed by atoms with Crippen LogP contribution in [0.15, 0.2) is 23.8 Å². The van der Waals surface area contributed by atoms with Crippen LogP contribution < -0.4 is 0 Å². The average molecular weight is 213 g/mol. The molecule has 0 aliphatic carbocycles. The van der Waals surface area contributed by atoms with Gasteiger partial charge in [-0.1, -0.05) is 24.6 Å². The van der Waals surface area contributed by atoms with Crippen molar-refractivity contribution in [2.75, 3.05) is 6.54 Å². The van der Waals surface area contributed by atoms with Gasteiger partial charge < -0.3 is 5.11 Å². The summed E-state index contributed by atoms with van der Waals surface area (Å²) >= 11 is 0. The van der Waals surface area contributed by atoms with Crippen LogP contribution in [-0.4, -0.2) is 22.5 Å². The molecule has 15 heavy (non-hydrogen) atoms. The van der Waals surface area contributed by atoms with Gasteiger partial charge in [0.25, 0.3) is 0 Å². The molecule has 0 spiro atoms. The lowest BCUT2D eigenvalue weighted by Crippen LogP contribution is -1.99. The zero-order valence-electron chi connectivity index (χ0n) is 8.68. The first kappa shape index (κ1) is 13.4. The van der Waals surface area contributed by atoms with Crippen LogP contribution in [0.5, 0.6) is 0 Å². The van der Waals surface area contributed by atoms with E-state index in [2.05, 4.69) is 0 Å². The minimum atomic E-state index is -0.986. The standard InChI is InChI=1S/C10H15NO4/c1-2-9(6-7-10(12)13)5-3-4-8-11(14)15/h5-7H,2-4,8H2,1H3,(H,12,13)/b7-6+,9-5+. The number of hydrogen-bond acceptors (Lipinski definition) is 3. The summed E-state index contributed by atoms with van der Waals surface area (Å²) in [6, 6.07) is 0. The van der Waals surface area contributed by atoms with E-state index < -0.39 is 5.97 Å². The van der Waals surface area contributed by atoms with E-state index in [-0.39, 0.29) is 11.5 Å². The van der Waals surface area contributed by atoms with E-state index >= 15 is 0 Å². The van der Waals surface area contributed by atoms with E-state index in [0.717, 1.165) is 18.1 Å². The van der Waals surface area contributed by atoms with E-state index in [1.54, 1.807) is 0 Å². The van der Waals surface area contributed by atoms with Gasteiger partial charge in [-0.3, -0.25) is 10.1 Å². The molecule has 0 atom stereocenters. The van der Waals surface area contributed by atoms with Crippen molar-refractivity contribution in [1.29, 1.82) is 0 Å². The highest BCUT2D eigenvalue weighted by Gasteiger charge is 1.95. The monoisotopic (exact) mass is 213 g/mol. The summed E-state index contributed by atoms with van der Waals surface area (Å²) in [6.45, 7) is 1.86. The molecule has 0 aromatic heterocycles. The van der Waals surface area contributed by atoms with Crippen molar-refractivity contribution in [2.45, 2.75) is 26.2 Å². The van der Waals surface area contributed by atoms with Crippen LogP contribution in [0.2, 0.25) is 0 Å². The van der Waals surface area contributed by atoms with Gasteiger partial charge in [0.2, 0.25) is 6.54 Å². The first-order valence-electron chi connectivity index (χ1n) is 4.78. The molecular weight excluding hydrogens is 198 g/mol. The van der Waals surface area contributed by atoms with Gasteiger partial charge in [0, 0.05) is 17.4 Å². The van der Waals surface area contributed by atoms with Crippen LogP contribution in [0.4, 0.5) is 0 Å². The summed E-state index contributed by atoms with van der Waals surface area (Å²) in [7, 11) is 0. The molecule has 0 aromatic carbocycles. The van der Waals surface area contributed by atoms with Crippen molar-refractivity contribution >= 4 is 5.97 Å². The van der Waals surface area contributed by atoms with Crippen LogP contribution in [0, 0.1) is 10.1 Å². The third-order valence-corrected chi connectivity index (χ3v) is 1.80. The summed E-state index contributed by atoms with van der Waals surface area (Å²) < 4.78 is 0. The van der Waals surface area contributed by atoms with Crippen LogP contribution in [-0.2, 0) is 4.79 Å². The number of rotatable bonds is 7. The number of nitro groups is 1. The van der Waals surface area contributed by atoms with E-state index in [0.29, 0.717) is 12.8 Å². The lowest BCUT2D eigenvalue weighted by atomic mass is 10.1. The first-order chi connectivity index (χ1) is 7.06. The Morgan fingerprint density at radius 2 is 2.13 bits per heavy atom. The Kier molecular flexibility index (Phi) is 6.88. The topological polar surface area (TPSA) is 80.4 Å². The Bertz CT molecular complexity index is 281. The van der Waals surface area contributed by atoms with Crippen molar-refractivity contribution in [1.82, 2.24) is 0 Å². The van der Waals surface area contributed by atoms with Gasteiger partial charge >= 0.3 is 5.97 Å². The van der Waals surface area contributed by atoms with E-state index in [4.69, 9.17) is 5.11 Å². The van der Waals surface area contributed by atoms with Gasteiger partial charge in [0.05, 0.1) is 0 Å². The van der Waals surface area contributed by atoms with Gasteiger partial charge in [-0.05, 0) is 12.8 Å². The number of carboxylic acids is 1. The van der Waals surface area contributed by atoms with Gasteiger partial charge in [0.1, 0.15) is 0 Å². The Labute approximate surface area is 88.3 Å². The smallest absolute Gasteiger partial charge is 0.328 e. The molecule has 0 aromatic rings.